The van der Waals surface area contributed by atoms with E-state index in [2.05, 4.69) is 59.2 Å². The second-order valence-electron chi connectivity index (χ2n) is 14.3. The number of hydrogen-bond acceptors (Lipinski definition) is 8. The number of ether oxygens (including phenoxy) is 2. The third-order valence-corrected chi connectivity index (χ3v) is 11.3. The Labute approximate surface area is 295 Å². The molecule has 8 unspecified atom stereocenters. The van der Waals surface area contributed by atoms with E-state index in [0.717, 1.165) is 60.1 Å². The van der Waals surface area contributed by atoms with Crippen molar-refractivity contribution in [3.05, 3.63) is 95.1 Å². The molecule has 0 amide bonds. The van der Waals surface area contributed by atoms with E-state index in [4.69, 9.17) is 9.47 Å². The molecule has 0 aliphatic carbocycles. The fourth-order valence-corrected chi connectivity index (χ4v) is 9.15. The number of allylic oxidation sites excluding steroid dienone is 2. The van der Waals surface area contributed by atoms with Crippen molar-refractivity contribution in [3.63, 3.8) is 0 Å². The van der Waals surface area contributed by atoms with Crippen LogP contribution in [0.3, 0.4) is 0 Å². The Morgan fingerprint density at radius 1 is 0.660 bits per heavy atom. The first kappa shape index (κ1) is 35.7. The summed E-state index contributed by atoms with van der Waals surface area (Å²) in [6, 6.07) is 16.7. The molecule has 0 spiro atoms. The number of benzene rings is 2. The molecule has 264 valence electrons. The molecule has 8 heteroatoms. The van der Waals surface area contributed by atoms with Gasteiger partial charge in [-0.05, 0) is 61.8 Å². The largest absolute Gasteiger partial charge is 0.440 e. The molecule has 2 N–H and O–H groups in total. The van der Waals surface area contributed by atoms with Gasteiger partial charge in [-0.3, -0.25) is 20.2 Å². The van der Waals surface area contributed by atoms with Crippen molar-refractivity contribution in [3.8, 4) is 0 Å². The van der Waals surface area contributed by atoms with Gasteiger partial charge in [-0.1, -0.05) is 86.7 Å². The number of nitrogens with one attached hydrogen (secondary N) is 2. The van der Waals surface area contributed by atoms with Crippen molar-refractivity contribution in [1.82, 2.24) is 10.6 Å². The number of piperidine rings is 2. The van der Waals surface area contributed by atoms with E-state index < -0.39 is 35.2 Å². The van der Waals surface area contributed by atoms with Gasteiger partial charge in [0.25, 0.3) is 0 Å². The van der Waals surface area contributed by atoms with Crippen LogP contribution >= 0.6 is 0 Å². The summed E-state index contributed by atoms with van der Waals surface area (Å²) in [5.74, 6) is -2.70. The Morgan fingerprint density at radius 3 is 1.38 bits per heavy atom. The highest BCUT2D eigenvalue weighted by molar-refractivity contribution is 5.93. The molecular weight excluding hydrogens is 628 g/mol. The van der Waals surface area contributed by atoms with E-state index in [9.17, 15) is 19.2 Å². The Bertz CT molecular complexity index is 1550. The van der Waals surface area contributed by atoms with Gasteiger partial charge in [0, 0.05) is 61.8 Å². The van der Waals surface area contributed by atoms with Gasteiger partial charge in [0.2, 0.25) is 0 Å². The summed E-state index contributed by atoms with van der Waals surface area (Å²) >= 11 is 0. The Morgan fingerprint density at radius 2 is 1.04 bits per heavy atom. The minimum Gasteiger partial charge on any atom is -0.440 e. The minimum atomic E-state index is -1.16. The molecule has 0 aromatic heterocycles. The Hall–Kier alpha value is -4.14. The number of carbonyl (C=O) groups excluding carboxylic acids is 4. The lowest BCUT2D eigenvalue weighted by molar-refractivity contribution is -0.174. The van der Waals surface area contributed by atoms with Gasteiger partial charge in [-0.15, -0.1) is 0 Å². The molecule has 2 aromatic carbocycles. The molecule has 50 heavy (non-hydrogen) atoms. The van der Waals surface area contributed by atoms with E-state index in [1.54, 1.807) is 0 Å². The third kappa shape index (κ3) is 7.06. The maximum Gasteiger partial charge on any atom is 0.332 e. The second kappa shape index (κ2) is 15.0. The summed E-state index contributed by atoms with van der Waals surface area (Å²) in [5, 5.41) is 6.97. The van der Waals surface area contributed by atoms with Crippen molar-refractivity contribution in [1.29, 1.82) is 0 Å². The molecule has 8 nitrogen and oxygen atoms in total. The number of rotatable bonds is 12. The molecule has 4 bridgehead atoms. The lowest BCUT2D eigenvalue weighted by Crippen LogP contribution is -2.60. The van der Waals surface area contributed by atoms with Crippen LogP contribution in [0.1, 0.15) is 113 Å². The van der Waals surface area contributed by atoms with E-state index >= 15 is 0 Å². The van der Waals surface area contributed by atoms with Crippen LogP contribution in [-0.2, 0) is 28.7 Å². The number of fused-ring (bicyclic) bond motifs is 4. The van der Waals surface area contributed by atoms with E-state index in [1.807, 2.05) is 52.0 Å². The van der Waals surface area contributed by atoms with Gasteiger partial charge < -0.3 is 9.47 Å². The number of carbonyl (C=O) groups is 4. The second-order valence-corrected chi connectivity index (χ2v) is 14.3. The van der Waals surface area contributed by atoms with Crippen LogP contribution in [0.25, 0.3) is 12.2 Å². The smallest absolute Gasteiger partial charge is 0.332 e. The molecule has 4 aliphatic rings. The lowest BCUT2D eigenvalue weighted by atomic mass is 9.72. The Kier molecular flexibility index (Phi) is 10.7. The van der Waals surface area contributed by atoms with Gasteiger partial charge in [-0.2, -0.15) is 0 Å². The maximum absolute atomic E-state index is 13.6. The molecule has 4 heterocycles. The Balaban J connectivity index is 1.19. The van der Waals surface area contributed by atoms with Crippen molar-refractivity contribution in [2.75, 3.05) is 0 Å². The van der Waals surface area contributed by atoms with Crippen LogP contribution in [0, 0.1) is 11.8 Å². The fraction of sp³-hybridized carbons (Fsp3) is 0.476. The highest BCUT2D eigenvalue weighted by Crippen LogP contribution is 2.51. The van der Waals surface area contributed by atoms with Crippen LogP contribution < -0.4 is 10.6 Å². The summed E-state index contributed by atoms with van der Waals surface area (Å²) in [5.41, 5.74) is 1.95. The molecule has 4 aliphatic heterocycles. The molecule has 2 aromatic rings. The van der Waals surface area contributed by atoms with Gasteiger partial charge in [0.05, 0.1) is 11.8 Å². The van der Waals surface area contributed by atoms with Crippen molar-refractivity contribution >= 4 is 35.7 Å². The number of Topliss-reactive ketones (excluding diaryl/α,β-unsaturated/α-hetero) is 2. The van der Waals surface area contributed by atoms with Gasteiger partial charge in [0.15, 0.2) is 11.4 Å². The predicted octanol–water partition coefficient (Wildman–Crippen LogP) is 7.16. The number of esters is 2. The number of ketones is 2. The topological polar surface area (TPSA) is 111 Å². The van der Waals surface area contributed by atoms with Gasteiger partial charge >= 0.3 is 11.9 Å². The normalized spacial score (nSPS) is 31.8. The molecule has 0 radical (unpaired) electrons. The van der Waals surface area contributed by atoms with Crippen LogP contribution in [0.2, 0.25) is 0 Å². The molecule has 4 saturated heterocycles. The summed E-state index contributed by atoms with van der Waals surface area (Å²) in [7, 11) is 0. The van der Waals surface area contributed by atoms with E-state index in [0.29, 0.717) is 25.7 Å². The van der Waals surface area contributed by atoms with Crippen molar-refractivity contribution < 1.29 is 28.7 Å². The predicted molar refractivity (Wildman–Crippen MR) is 194 cm³/mol. The fourth-order valence-electron chi connectivity index (χ4n) is 9.15. The first-order valence-electron chi connectivity index (χ1n) is 18.3. The van der Waals surface area contributed by atoms with E-state index in [1.165, 1.54) is 0 Å². The van der Waals surface area contributed by atoms with Crippen LogP contribution in [0.5, 0.6) is 0 Å². The first-order valence-corrected chi connectivity index (χ1v) is 18.3. The molecular formula is C42H50N2O6. The molecule has 8 atom stereocenters. The molecule has 4 fully saturated rings. The molecule has 6 rings (SSSR count). The third-order valence-electron chi connectivity index (χ3n) is 11.3. The summed E-state index contributed by atoms with van der Waals surface area (Å²) in [4.78, 5) is 54.0. The monoisotopic (exact) mass is 678 g/mol. The number of hydrogen-bond donors (Lipinski definition) is 2. The first-order chi connectivity index (χ1) is 24.1. The highest BCUT2D eigenvalue weighted by Gasteiger charge is 2.59. The quantitative estimate of drug-likeness (QED) is 0.180. The van der Waals surface area contributed by atoms with Gasteiger partial charge in [-0.25, -0.2) is 9.59 Å². The standard InChI is InChI=1S/C42H50N2O6/c1-5-9-27-11-15-29(16-12-27)33-25-31-21-23-41(43-31,39(33)35(45)7-3)49-37(47)19-20-38(48)50-42-24-22-32(44-42)26-34(40(42)36(46)8-4)30-17-13-28(10-6-2)14-18-30/h5-6,9-20,31-34,39-40,43-44H,7-8,21-26H2,1-4H3/b9-5+,10-6+,20-19+. The zero-order chi connectivity index (χ0) is 35.5. The summed E-state index contributed by atoms with van der Waals surface area (Å²) < 4.78 is 12.3. The van der Waals surface area contributed by atoms with Crippen LogP contribution in [0.4, 0.5) is 0 Å². The highest BCUT2D eigenvalue weighted by atomic mass is 16.6. The maximum atomic E-state index is 13.6. The lowest BCUT2D eigenvalue weighted by Gasteiger charge is -2.45. The average Bonchev–Trinajstić information content (AvgIpc) is 3.62. The zero-order valence-corrected chi connectivity index (χ0v) is 29.7. The summed E-state index contributed by atoms with van der Waals surface area (Å²) in [6.45, 7) is 7.63. The summed E-state index contributed by atoms with van der Waals surface area (Å²) in [6.07, 6.45) is 15.0. The zero-order valence-electron chi connectivity index (χ0n) is 29.7. The van der Waals surface area contributed by atoms with Crippen molar-refractivity contribution in [2.24, 2.45) is 11.8 Å². The van der Waals surface area contributed by atoms with Crippen molar-refractivity contribution in [2.45, 2.75) is 114 Å². The van der Waals surface area contributed by atoms with Gasteiger partial charge in [0.1, 0.15) is 11.6 Å². The van der Waals surface area contributed by atoms with E-state index in [-0.39, 0.29) is 35.5 Å². The van der Waals surface area contributed by atoms with Crippen LogP contribution in [0.15, 0.2) is 72.8 Å². The SMILES string of the molecule is C/C=C/c1ccc(C2CC3CCC(OC(=O)/C=C/C(=O)OC45CCC(CC(c6ccc(/C=C/C)cc6)C4C(=O)CC)N5)(N3)C2C(=O)CC)cc1. The van der Waals surface area contributed by atoms with Crippen LogP contribution in [-0.4, -0.2) is 47.0 Å². The minimum absolute atomic E-state index is 0.0347. The molecule has 0 saturated carbocycles. The average molecular weight is 679 g/mol.